The SMILES string of the molecule is COc1cc(-c2cc(C(=O)O)nn2C)cc2sc(=O)oc12. The van der Waals surface area contributed by atoms with Crippen molar-refractivity contribution in [1.82, 2.24) is 9.78 Å². The topological polar surface area (TPSA) is 94.6 Å². The first-order valence-electron chi connectivity index (χ1n) is 5.89. The van der Waals surface area contributed by atoms with Crippen LogP contribution in [0.3, 0.4) is 0 Å². The molecule has 0 aliphatic carbocycles. The minimum absolute atomic E-state index is 0.0491. The molecule has 0 bridgehead atoms. The van der Waals surface area contributed by atoms with Gasteiger partial charge in [-0.05, 0) is 18.2 Å². The summed E-state index contributed by atoms with van der Waals surface area (Å²) in [7, 11) is 3.12. The van der Waals surface area contributed by atoms with Gasteiger partial charge < -0.3 is 14.3 Å². The minimum Gasteiger partial charge on any atom is -0.493 e. The minimum atomic E-state index is -1.10. The number of hydrogen-bond acceptors (Lipinski definition) is 6. The quantitative estimate of drug-likeness (QED) is 0.795. The lowest BCUT2D eigenvalue weighted by Crippen LogP contribution is -1.99. The number of carboxylic acid groups (broad SMARTS) is 1. The van der Waals surface area contributed by atoms with E-state index in [9.17, 15) is 9.59 Å². The number of rotatable bonds is 3. The maximum absolute atomic E-state index is 11.4. The molecule has 21 heavy (non-hydrogen) atoms. The Balaban J connectivity index is 2.25. The third-order valence-corrected chi connectivity index (χ3v) is 3.79. The van der Waals surface area contributed by atoms with Crippen molar-refractivity contribution < 1.29 is 19.1 Å². The van der Waals surface area contributed by atoms with Crippen LogP contribution in [-0.2, 0) is 7.05 Å². The number of carbonyl (C=O) groups is 1. The molecular formula is C13H10N2O5S. The summed E-state index contributed by atoms with van der Waals surface area (Å²) in [5.74, 6) is -0.684. The molecule has 2 aromatic heterocycles. The van der Waals surface area contributed by atoms with Crippen LogP contribution < -0.4 is 9.68 Å². The van der Waals surface area contributed by atoms with E-state index in [2.05, 4.69) is 5.10 Å². The largest absolute Gasteiger partial charge is 0.493 e. The lowest BCUT2D eigenvalue weighted by atomic mass is 10.1. The number of fused-ring (bicyclic) bond motifs is 1. The van der Waals surface area contributed by atoms with Gasteiger partial charge in [0.25, 0.3) is 0 Å². The molecule has 0 radical (unpaired) electrons. The lowest BCUT2D eigenvalue weighted by Gasteiger charge is -2.05. The molecule has 0 aliphatic heterocycles. The van der Waals surface area contributed by atoms with Gasteiger partial charge in [-0.2, -0.15) is 5.10 Å². The highest BCUT2D eigenvalue weighted by atomic mass is 32.1. The third kappa shape index (κ3) is 2.19. The summed E-state index contributed by atoms with van der Waals surface area (Å²) in [6.45, 7) is 0. The summed E-state index contributed by atoms with van der Waals surface area (Å²) in [6.07, 6.45) is 0. The van der Waals surface area contributed by atoms with E-state index < -0.39 is 10.9 Å². The van der Waals surface area contributed by atoms with Crippen LogP contribution >= 0.6 is 11.3 Å². The number of methoxy groups -OCH3 is 1. The zero-order valence-corrected chi connectivity index (χ0v) is 11.9. The molecule has 3 aromatic rings. The first-order valence-corrected chi connectivity index (χ1v) is 6.70. The number of carboxylic acids is 1. The Morgan fingerprint density at radius 2 is 2.19 bits per heavy atom. The standard InChI is InChI=1S/C13H10N2O5S/c1-15-8(5-7(14-15)12(16)17)6-3-9(19-2)11-10(4-6)21-13(18)20-11/h3-5H,1-2H3,(H,16,17). The molecule has 0 saturated heterocycles. The van der Waals surface area contributed by atoms with E-state index in [1.807, 2.05) is 0 Å². The summed E-state index contributed by atoms with van der Waals surface area (Å²) in [6, 6.07) is 4.89. The molecule has 1 N–H and O–H groups in total. The van der Waals surface area contributed by atoms with Gasteiger partial charge in [0.2, 0.25) is 0 Å². The molecule has 2 heterocycles. The smallest absolute Gasteiger partial charge is 0.396 e. The molecule has 8 heteroatoms. The van der Waals surface area contributed by atoms with Crippen LogP contribution in [0.2, 0.25) is 0 Å². The van der Waals surface area contributed by atoms with E-state index in [0.717, 1.165) is 11.3 Å². The van der Waals surface area contributed by atoms with Gasteiger partial charge in [0.05, 0.1) is 17.5 Å². The molecule has 0 aliphatic rings. The van der Waals surface area contributed by atoms with E-state index in [4.69, 9.17) is 14.3 Å². The molecule has 0 atom stereocenters. The summed E-state index contributed by atoms with van der Waals surface area (Å²) < 4.78 is 12.4. The summed E-state index contributed by atoms with van der Waals surface area (Å²) in [5.41, 5.74) is 1.64. The third-order valence-electron chi connectivity index (χ3n) is 3.01. The molecule has 108 valence electrons. The van der Waals surface area contributed by atoms with Crippen LogP contribution in [0.15, 0.2) is 27.4 Å². The number of hydrogen-bond donors (Lipinski definition) is 1. The first kappa shape index (κ1) is 13.4. The van der Waals surface area contributed by atoms with Gasteiger partial charge in [-0.25, -0.2) is 9.59 Å². The van der Waals surface area contributed by atoms with Gasteiger partial charge in [0.1, 0.15) is 0 Å². The second-order valence-electron chi connectivity index (χ2n) is 4.30. The summed E-state index contributed by atoms with van der Waals surface area (Å²) in [5, 5.41) is 12.9. The van der Waals surface area contributed by atoms with Crippen molar-refractivity contribution in [1.29, 1.82) is 0 Å². The lowest BCUT2D eigenvalue weighted by molar-refractivity contribution is 0.0689. The van der Waals surface area contributed by atoms with Crippen molar-refractivity contribution in [2.75, 3.05) is 7.11 Å². The van der Waals surface area contributed by atoms with E-state index in [1.54, 1.807) is 19.2 Å². The molecular weight excluding hydrogens is 296 g/mol. The monoisotopic (exact) mass is 306 g/mol. The van der Waals surface area contributed by atoms with Gasteiger partial charge in [-0.3, -0.25) is 4.68 Å². The normalized spacial score (nSPS) is 11.0. The van der Waals surface area contributed by atoms with Crippen LogP contribution in [0.4, 0.5) is 0 Å². The Hall–Kier alpha value is -2.61. The Labute approximate surface area is 122 Å². The number of benzene rings is 1. The number of aryl methyl sites for hydroxylation is 1. The fourth-order valence-corrected chi connectivity index (χ4v) is 2.81. The molecule has 0 amide bonds. The number of aromatic nitrogens is 2. The molecule has 0 unspecified atom stereocenters. The highest BCUT2D eigenvalue weighted by molar-refractivity contribution is 7.16. The van der Waals surface area contributed by atoms with Gasteiger partial charge in [-0.1, -0.05) is 11.3 Å². The van der Waals surface area contributed by atoms with Crippen molar-refractivity contribution in [2.45, 2.75) is 0 Å². The first-order chi connectivity index (χ1) is 9.99. The molecule has 3 rings (SSSR count). The van der Waals surface area contributed by atoms with Crippen LogP contribution in [0.1, 0.15) is 10.5 Å². The molecule has 1 aromatic carbocycles. The van der Waals surface area contributed by atoms with E-state index in [-0.39, 0.29) is 5.69 Å². The van der Waals surface area contributed by atoms with E-state index in [0.29, 0.717) is 27.3 Å². The van der Waals surface area contributed by atoms with Crippen LogP contribution in [-0.4, -0.2) is 28.0 Å². The van der Waals surface area contributed by atoms with E-state index in [1.165, 1.54) is 17.9 Å². The Morgan fingerprint density at radius 3 is 2.81 bits per heavy atom. The van der Waals surface area contributed by atoms with E-state index >= 15 is 0 Å². The number of ether oxygens (including phenoxy) is 1. The average molecular weight is 306 g/mol. The molecule has 0 spiro atoms. The average Bonchev–Trinajstić information content (AvgIpc) is 2.99. The van der Waals surface area contributed by atoms with Gasteiger partial charge in [0.15, 0.2) is 17.0 Å². The predicted octanol–water partition coefficient (Wildman–Crippen LogP) is 1.96. The molecule has 7 nitrogen and oxygen atoms in total. The fraction of sp³-hybridized carbons (Fsp3) is 0.154. The van der Waals surface area contributed by atoms with Gasteiger partial charge in [-0.15, -0.1) is 0 Å². The van der Waals surface area contributed by atoms with Crippen molar-refractivity contribution >= 4 is 27.6 Å². The Morgan fingerprint density at radius 1 is 1.43 bits per heavy atom. The second-order valence-corrected chi connectivity index (χ2v) is 5.28. The van der Waals surface area contributed by atoms with Crippen molar-refractivity contribution in [3.05, 3.63) is 33.6 Å². The maximum atomic E-state index is 11.4. The zero-order valence-electron chi connectivity index (χ0n) is 11.1. The molecule has 0 saturated carbocycles. The van der Waals surface area contributed by atoms with Crippen molar-refractivity contribution in [3.63, 3.8) is 0 Å². The van der Waals surface area contributed by atoms with Crippen LogP contribution in [0.5, 0.6) is 5.75 Å². The molecule has 0 fully saturated rings. The summed E-state index contributed by atoms with van der Waals surface area (Å²) >= 11 is 0.961. The predicted molar refractivity (Wildman–Crippen MR) is 76.1 cm³/mol. The fourth-order valence-electron chi connectivity index (χ4n) is 2.09. The Kier molecular flexibility index (Phi) is 3.02. The maximum Gasteiger partial charge on any atom is 0.396 e. The van der Waals surface area contributed by atoms with Gasteiger partial charge in [0, 0.05) is 12.6 Å². The van der Waals surface area contributed by atoms with Crippen molar-refractivity contribution in [2.24, 2.45) is 7.05 Å². The zero-order chi connectivity index (χ0) is 15.1. The van der Waals surface area contributed by atoms with Gasteiger partial charge >= 0.3 is 10.9 Å². The highest BCUT2D eigenvalue weighted by Crippen LogP contribution is 2.33. The van der Waals surface area contributed by atoms with Crippen molar-refractivity contribution in [3.8, 4) is 17.0 Å². The number of nitrogens with zero attached hydrogens (tertiary/aromatic N) is 2. The van der Waals surface area contributed by atoms with Crippen LogP contribution in [0, 0.1) is 0 Å². The second kappa shape index (κ2) is 4.74. The van der Waals surface area contributed by atoms with Crippen LogP contribution in [0.25, 0.3) is 21.5 Å². The number of aromatic carboxylic acids is 1. The highest BCUT2D eigenvalue weighted by Gasteiger charge is 2.16. The summed E-state index contributed by atoms with van der Waals surface area (Å²) in [4.78, 5) is 21.9. The Bertz CT molecular complexity index is 905.